The van der Waals surface area contributed by atoms with Gasteiger partial charge in [-0.25, -0.2) is 0 Å². The predicted octanol–water partition coefficient (Wildman–Crippen LogP) is 5.82. The fourth-order valence-electron chi connectivity index (χ4n) is 2.24. The van der Waals surface area contributed by atoms with E-state index in [9.17, 15) is 17.6 Å². The van der Waals surface area contributed by atoms with E-state index in [2.05, 4.69) is 41.3 Å². The van der Waals surface area contributed by atoms with Crippen molar-refractivity contribution >= 4 is 31.9 Å². The summed E-state index contributed by atoms with van der Waals surface area (Å²) in [5.74, 6) is 0.308. The van der Waals surface area contributed by atoms with E-state index < -0.39 is 13.2 Å². The number of hydrogen-bond donors (Lipinski definition) is 1. The van der Waals surface area contributed by atoms with Gasteiger partial charge in [-0.05, 0) is 60.4 Å². The predicted molar refractivity (Wildman–Crippen MR) is 108 cm³/mol. The normalized spacial score (nSPS) is 10.7. The summed E-state index contributed by atoms with van der Waals surface area (Å²) in [6.45, 7) is -5.27. The Morgan fingerprint density at radius 1 is 0.828 bits per heavy atom. The first-order chi connectivity index (χ1) is 13.8. The van der Waals surface area contributed by atoms with Gasteiger partial charge in [0.25, 0.3) is 0 Å². The van der Waals surface area contributed by atoms with Crippen molar-refractivity contribution in [3.05, 3.63) is 56.5 Å². The van der Waals surface area contributed by atoms with Crippen molar-refractivity contribution in [1.82, 2.24) is 0 Å². The van der Waals surface area contributed by atoms with Crippen LogP contribution in [0.4, 0.5) is 17.6 Å². The van der Waals surface area contributed by atoms with Gasteiger partial charge in [-0.2, -0.15) is 17.6 Å². The van der Waals surface area contributed by atoms with E-state index in [1.54, 1.807) is 31.4 Å². The van der Waals surface area contributed by atoms with Crippen molar-refractivity contribution in [3.63, 3.8) is 0 Å². The Labute approximate surface area is 183 Å². The lowest BCUT2D eigenvalue weighted by Crippen LogP contribution is -2.05. The van der Waals surface area contributed by atoms with E-state index in [0.717, 1.165) is 8.95 Å². The molecular formula is C19H20Br2F4O4. The van der Waals surface area contributed by atoms with Crippen LogP contribution < -0.4 is 9.47 Å². The molecule has 0 fully saturated rings. The second kappa shape index (κ2) is 13.8. The Morgan fingerprint density at radius 2 is 1.28 bits per heavy atom. The second-order valence-corrected chi connectivity index (χ2v) is 7.31. The molecule has 0 aromatic heterocycles. The van der Waals surface area contributed by atoms with Gasteiger partial charge in [0.2, 0.25) is 0 Å². The summed E-state index contributed by atoms with van der Waals surface area (Å²) < 4.78 is 63.2. The Hall–Kier alpha value is -1.36. The first kappa shape index (κ1) is 25.7. The fraction of sp³-hybridized carbons (Fsp3) is 0.368. The highest BCUT2D eigenvalue weighted by atomic mass is 79.9. The number of methoxy groups -OCH3 is 1. The van der Waals surface area contributed by atoms with Crippen molar-refractivity contribution < 1.29 is 36.9 Å². The third-order valence-corrected chi connectivity index (χ3v) is 4.42. The highest BCUT2D eigenvalue weighted by Gasteiger charge is 2.10. The van der Waals surface area contributed by atoms with Crippen LogP contribution in [-0.4, -0.2) is 38.7 Å². The van der Waals surface area contributed by atoms with Crippen LogP contribution in [0, 0.1) is 0 Å². The zero-order chi connectivity index (χ0) is 21.8. The molecule has 0 spiro atoms. The van der Waals surface area contributed by atoms with Gasteiger partial charge in [0, 0.05) is 22.7 Å². The third-order valence-electron chi connectivity index (χ3n) is 3.43. The highest BCUT2D eigenvalue weighted by Crippen LogP contribution is 2.26. The third kappa shape index (κ3) is 10.3. The molecule has 0 aliphatic carbocycles. The molecule has 2 rings (SSSR count). The quantitative estimate of drug-likeness (QED) is 0.402. The number of ether oxygens (including phenoxy) is 3. The zero-order valence-electron chi connectivity index (χ0n) is 15.4. The monoisotopic (exact) mass is 546 g/mol. The van der Waals surface area contributed by atoms with Gasteiger partial charge in [-0.1, -0.05) is 31.9 Å². The SMILES string of the molecule is COCCc1cc(Br)ccc1OC(F)F.OCCc1cc(Br)ccc1OC(F)F. The first-order valence-corrected chi connectivity index (χ1v) is 9.91. The second-order valence-electron chi connectivity index (χ2n) is 5.48. The summed E-state index contributed by atoms with van der Waals surface area (Å²) in [6.07, 6.45) is 0.833. The number of aliphatic hydroxyl groups excluding tert-OH is 1. The van der Waals surface area contributed by atoms with Crippen LogP contribution in [-0.2, 0) is 17.6 Å². The van der Waals surface area contributed by atoms with E-state index in [-0.39, 0.29) is 18.1 Å². The summed E-state index contributed by atoms with van der Waals surface area (Å²) in [6, 6.07) is 9.62. The number of alkyl halides is 4. The summed E-state index contributed by atoms with van der Waals surface area (Å²) >= 11 is 6.48. The molecule has 29 heavy (non-hydrogen) atoms. The summed E-state index contributed by atoms with van der Waals surface area (Å²) in [4.78, 5) is 0. The number of rotatable bonds is 9. The standard InChI is InChI=1S/C10H11BrF2O2.C9H9BrF2O2/c1-14-5-4-7-6-8(11)2-3-9(7)15-10(12)13;10-7-1-2-8(14-9(11)12)6(5-7)3-4-13/h2-3,6,10H,4-5H2,1H3;1-2,5,9,13H,3-4H2. The molecule has 2 aromatic rings. The largest absolute Gasteiger partial charge is 0.435 e. The molecule has 0 amide bonds. The van der Waals surface area contributed by atoms with Crippen LogP contribution in [0.15, 0.2) is 45.3 Å². The molecule has 0 saturated carbocycles. The van der Waals surface area contributed by atoms with Crippen LogP contribution in [0.25, 0.3) is 0 Å². The first-order valence-electron chi connectivity index (χ1n) is 8.33. The van der Waals surface area contributed by atoms with Crippen molar-refractivity contribution in [3.8, 4) is 11.5 Å². The number of benzene rings is 2. The Bertz CT molecular complexity index is 748. The van der Waals surface area contributed by atoms with E-state index in [0.29, 0.717) is 30.6 Å². The van der Waals surface area contributed by atoms with Gasteiger partial charge < -0.3 is 19.3 Å². The molecule has 0 unspecified atom stereocenters. The maximum absolute atomic E-state index is 12.1. The zero-order valence-corrected chi connectivity index (χ0v) is 18.6. The lowest BCUT2D eigenvalue weighted by atomic mass is 10.1. The molecule has 0 heterocycles. The van der Waals surface area contributed by atoms with Crippen LogP contribution in [0.1, 0.15) is 11.1 Å². The molecule has 1 N–H and O–H groups in total. The van der Waals surface area contributed by atoms with Crippen LogP contribution >= 0.6 is 31.9 Å². The molecule has 10 heteroatoms. The summed E-state index contributed by atoms with van der Waals surface area (Å²) in [7, 11) is 1.56. The molecule has 0 aliphatic heterocycles. The minimum atomic E-state index is -2.84. The Kier molecular flexibility index (Phi) is 12.2. The molecule has 0 aliphatic rings. The van der Waals surface area contributed by atoms with Gasteiger partial charge in [0.05, 0.1) is 6.61 Å². The fourth-order valence-corrected chi connectivity index (χ4v) is 3.06. The highest BCUT2D eigenvalue weighted by molar-refractivity contribution is 9.10. The van der Waals surface area contributed by atoms with Crippen LogP contribution in [0.3, 0.4) is 0 Å². The molecule has 0 saturated heterocycles. The van der Waals surface area contributed by atoms with Crippen molar-refractivity contribution in [2.24, 2.45) is 0 Å². The average molecular weight is 548 g/mol. The average Bonchev–Trinajstić information content (AvgIpc) is 2.64. The van der Waals surface area contributed by atoms with Crippen molar-refractivity contribution in [2.75, 3.05) is 20.3 Å². The van der Waals surface area contributed by atoms with Crippen molar-refractivity contribution in [1.29, 1.82) is 0 Å². The van der Waals surface area contributed by atoms with Crippen molar-refractivity contribution in [2.45, 2.75) is 26.1 Å². The summed E-state index contributed by atoms with van der Waals surface area (Å²) in [5, 5.41) is 8.71. The minimum absolute atomic E-state index is 0.101. The molecular weight excluding hydrogens is 528 g/mol. The van der Waals surface area contributed by atoms with E-state index in [1.807, 2.05) is 0 Å². The molecule has 162 valence electrons. The summed E-state index contributed by atoms with van der Waals surface area (Å²) in [5.41, 5.74) is 1.26. The van der Waals surface area contributed by atoms with E-state index in [1.165, 1.54) is 12.1 Å². The van der Waals surface area contributed by atoms with Gasteiger partial charge in [0.15, 0.2) is 0 Å². The molecule has 4 nitrogen and oxygen atoms in total. The molecule has 0 bridgehead atoms. The lowest BCUT2D eigenvalue weighted by molar-refractivity contribution is -0.0512. The van der Waals surface area contributed by atoms with Gasteiger partial charge in [0.1, 0.15) is 11.5 Å². The topological polar surface area (TPSA) is 47.9 Å². The van der Waals surface area contributed by atoms with Crippen LogP contribution in [0.5, 0.6) is 11.5 Å². The maximum Gasteiger partial charge on any atom is 0.387 e. The van der Waals surface area contributed by atoms with Crippen LogP contribution in [0.2, 0.25) is 0 Å². The van der Waals surface area contributed by atoms with E-state index >= 15 is 0 Å². The number of hydrogen-bond acceptors (Lipinski definition) is 4. The smallest absolute Gasteiger partial charge is 0.387 e. The van der Waals surface area contributed by atoms with Gasteiger partial charge in [-0.15, -0.1) is 0 Å². The number of halogens is 6. The van der Waals surface area contributed by atoms with Gasteiger partial charge in [-0.3, -0.25) is 0 Å². The lowest BCUT2D eigenvalue weighted by Gasteiger charge is -2.10. The van der Waals surface area contributed by atoms with Gasteiger partial charge >= 0.3 is 13.2 Å². The minimum Gasteiger partial charge on any atom is -0.435 e. The molecule has 0 atom stereocenters. The van der Waals surface area contributed by atoms with E-state index in [4.69, 9.17) is 9.84 Å². The number of aliphatic hydroxyl groups is 1. The maximum atomic E-state index is 12.1. The Balaban J connectivity index is 0.000000291. The molecule has 2 aromatic carbocycles. The molecule has 0 radical (unpaired) electrons. The Morgan fingerprint density at radius 3 is 1.66 bits per heavy atom.